The number of para-hydroxylation sites is 1. The van der Waals surface area contributed by atoms with E-state index < -0.39 is 22.7 Å². The lowest BCUT2D eigenvalue weighted by atomic mass is 10.0. The Hall–Kier alpha value is -1.63. The molecule has 104 valence electrons. The number of nitrogens with zero attached hydrogens (tertiary/aromatic N) is 1. The van der Waals surface area contributed by atoms with Gasteiger partial charge >= 0.3 is 6.18 Å². The second-order valence-corrected chi connectivity index (χ2v) is 4.76. The molecule has 1 aliphatic rings. The molecule has 0 spiro atoms. The number of alkyl halides is 3. The molecule has 1 fully saturated rings. The van der Waals surface area contributed by atoms with Crippen molar-refractivity contribution in [2.24, 2.45) is 0 Å². The molecule has 1 atom stereocenters. The van der Waals surface area contributed by atoms with Gasteiger partial charge in [-0.3, -0.25) is 15.4 Å². The number of halogens is 3. The Morgan fingerprint density at radius 1 is 1.37 bits per heavy atom. The molecule has 0 radical (unpaired) electrons. The van der Waals surface area contributed by atoms with E-state index in [9.17, 15) is 23.3 Å². The largest absolute Gasteiger partial charge is 0.406 e. The molecule has 7 heteroatoms. The van der Waals surface area contributed by atoms with Gasteiger partial charge in [-0.15, -0.1) is 0 Å². The number of rotatable bonds is 4. The third-order valence-electron chi connectivity index (χ3n) is 3.39. The van der Waals surface area contributed by atoms with Crippen molar-refractivity contribution in [3.8, 4) is 0 Å². The van der Waals surface area contributed by atoms with Gasteiger partial charge in [0.15, 0.2) is 0 Å². The van der Waals surface area contributed by atoms with E-state index in [2.05, 4.69) is 5.32 Å². The number of nitro groups is 1. The number of benzene rings is 1. The van der Waals surface area contributed by atoms with Crippen LogP contribution in [0.4, 0.5) is 18.9 Å². The quantitative estimate of drug-likeness (QED) is 0.676. The molecule has 0 aliphatic heterocycles. The third-order valence-corrected chi connectivity index (χ3v) is 3.39. The van der Waals surface area contributed by atoms with E-state index in [1.165, 1.54) is 25.1 Å². The maximum Gasteiger partial charge on any atom is 0.406 e. The van der Waals surface area contributed by atoms with Crippen LogP contribution in [0.2, 0.25) is 0 Å². The summed E-state index contributed by atoms with van der Waals surface area (Å²) in [7, 11) is 0. The molecule has 0 heterocycles. The van der Waals surface area contributed by atoms with Crippen LogP contribution in [-0.2, 0) is 0 Å². The molecule has 19 heavy (non-hydrogen) atoms. The summed E-state index contributed by atoms with van der Waals surface area (Å²) in [6.45, 7) is 1.51. The number of hydrogen-bond acceptors (Lipinski definition) is 3. The van der Waals surface area contributed by atoms with Crippen molar-refractivity contribution in [2.45, 2.75) is 37.5 Å². The van der Waals surface area contributed by atoms with E-state index in [4.69, 9.17) is 0 Å². The van der Waals surface area contributed by atoms with Crippen LogP contribution in [0.25, 0.3) is 0 Å². The molecule has 0 saturated heterocycles. The Bertz CT molecular complexity index is 498. The topological polar surface area (TPSA) is 55.2 Å². The first-order valence-corrected chi connectivity index (χ1v) is 5.84. The lowest BCUT2D eigenvalue weighted by Crippen LogP contribution is -2.46. The Morgan fingerprint density at radius 3 is 2.42 bits per heavy atom. The van der Waals surface area contributed by atoms with Crippen molar-refractivity contribution >= 4 is 5.69 Å². The summed E-state index contributed by atoms with van der Waals surface area (Å²) in [4.78, 5) is 10.3. The molecule has 1 N–H and O–H groups in total. The van der Waals surface area contributed by atoms with Crippen molar-refractivity contribution in [2.75, 3.05) is 0 Å². The average Bonchev–Trinajstić information content (AvgIpc) is 3.09. The smallest absolute Gasteiger partial charge is 0.297 e. The second-order valence-electron chi connectivity index (χ2n) is 4.76. The maximum atomic E-state index is 12.8. The summed E-state index contributed by atoms with van der Waals surface area (Å²) in [5.41, 5.74) is -1.78. The minimum atomic E-state index is -4.33. The van der Waals surface area contributed by atoms with E-state index >= 15 is 0 Å². The zero-order valence-corrected chi connectivity index (χ0v) is 10.2. The highest BCUT2D eigenvalue weighted by Gasteiger charge is 2.63. The molecule has 0 bridgehead atoms. The number of nitrogens with one attached hydrogen (secondary N) is 1. The standard InChI is InChI=1S/C12H13F3N2O2/c1-8(16-11(6-7-11)12(13,14)15)9-4-2-3-5-10(9)17(18)19/h2-5,8,16H,6-7H2,1H3. The number of hydrogen-bond donors (Lipinski definition) is 1. The fourth-order valence-electron chi connectivity index (χ4n) is 2.15. The fourth-order valence-corrected chi connectivity index (χ4v) is 2.15. The molecule has 1 aromatic rings. The highest BCUT2D eigenvalue weighted by Crippen LogP contribution is 2.50. The summed E-state index contributed by atoms with van der Waals surface area (Å²) >= 11 is 0. The predicted molar refractivity (Wildman–Crippen MR) is 62.7 cm³/mol. The molecule has 4 nitrogen and oxygen atoms in total. The van der Waals surface area contributed by atoms with Gasteiger partial charge in [-0.25, -0.2) is 0 Å². The first-order valence-electron chi connectivity index (χ1n) is 5.84. The average molecular weight is 274 g/mol. The van der Waals surface area contributed by atoms with Gasteiger partial charge in [0, 0.05) is 17.7 Å². The van der Waals surface area contributed by atoms with Gasteiger partial charge in [-0.2, -0.15) is 13.2 Å². The minimum absolute atomic E-state index is 0.0153. The van der Waals surface area contributed by atoms with Crippen LogP contribution in [0.15, 0.2) is 24.3 Å². The molecule has 0 aromatic heterocycles. The lowest BCUT2D eigenvalue weighted by molar-refractivity contribution is -0.385. The summed E-state index contributed by atoms with van der Waals surface area (Å²) in [5.74, 6) is 0. The molecular weight excluding hydrogens is 261 g/mol. The van der Waals surface area contributed by atoms with Crippen LogP contribution in [0.1, 0.15) is 31.4 Å². The first-order chi connectivity index (χ1) is 8.77. The fraction of sp³-hybridized carbons (Fsp3) is 0.500. The SMILES string of the molecule is CC(NC1(C(F)(F)F)CC1)c1ccccc1[N+](=O)[O-]. The predicted octanol–water partition coefficient (Wildman–Crippen LogP) is 3.34. The van der Waals surface area contributed by atoms with Crippen molar-refractivity contribution in [3.63, 3.8) is 0 Å². The number of nitro benzene ring substituents is 1. The van der Waals surface area contributed by atoms with E-state index in [-0.39, 0.29) is 24.1 Å². The molecular formula is C12H13F3N2O2. The monoisotopic (exact) mass is 274 g/mol. The summed E-state index contributed by atoms with van der Waals surface area (Å²) in [6.07, 6.45) is -4.30. The highest BCUT2D eigenvalue weighted by atomic mass is 19.4. The Morgan fingerprint density at radius 2 is 1.95 bits per heavy atom. The van der Waals surface area contributed by atoms with Crippen LogP contribution in [0.3, 0.4) is 0 Å². The molecule has 0 amide bonds. The summed E-state index contributed by atoms with van der Waals surface area (Å²) in [6, 6.07) is 5.10. The zero-order valence-electron chi connectivity index (χ0n) is 10.2. The van der Waals surface area contributed by atoms with Crippen LogP contribution in [0.5, 0.6) is 0 Å². The van der Waals surface area contributed by atoms with E-state index in [0.717, 1.165) is 0 Å². The van der Waals surface area contributed by atoms with Crippen LogP contribution in [-0.4, -0.2) is 16.6 Å². The molecule has 1 aromatic carbocycles. The van der Waals surface area contributed by atoms with Gasteiger partial charge in [0.25, 0.3) is 5.69 Å². The highest BCUT2D eigenvalue weighted by molar-refractivity contribution is 5.42. The molecule has 1 saturated carbocycles. The molecule has 1 aliphatic carbocycles. The van der Waals surface area contributed by atoms with Gasteiger partial charge in [-0.1, -0.05) is 18.2 Å². The Labute approximate surface area is 107 Å². The van der Waals surface area contributed by atoms with E-state index in [0.29, 0.717) is 0 Å². The molecule has 1 unspecified atom stereocenters. The lowest BCUT2D eigenvalue weighted by Gasteiger charge is -2.25. The minimum Gasteiger partial charge on any atom is -0.297 e. The van der Waals surface area contributed by atoms with Gasteiger partial charge in [0.1, 0.15) is 5.54 Å². The third kappa shape index (κ3) is 2.56. The van der Waals surface area contributed by atoms with Crippen LogP contribution >= 0.6 is 0 Å². The second kappa shape index (κ2) is 4.48. The maximum absolute atomic E-state index is 12.8. The van der Waals surface area contributed by atoms with Gasteiger partial charge in [0.05, 0.1) is 4.92 Å². The normalized spacial score (nSPS) is 18.9. The van der Waals surface area contributed by atoms with E-state index in [1.807, 2.05) is 0 Å². The van der Waals surface area contributed by atoms with E-state index in [1.54, 1.807) is 6.07 Å². The van der Waals surface area contributed by atoms with Gasteiger partial charge in [-0.05, 0) is 19.8 Å². The van der Waals surface area contributed by atoms with Crippen LogP contribution in [0, 0.1) is 10.1 Å². The van der Waals surface area contributed by atoms with Gasteiger partial charge < -0.3 is 0 Å². The summed E-state index contributed by atoms with van der Waals surface area (Å²) in [5, 5.41) is 13.3. The summed E-state index contributed by atoms with van der Waals surface area (Å²) < 4.78 is 38.5. The van der Waals surface area contributed by atoms with Crippen LogP contribution < -0.4 is 5.32 Å². The molecule has 2 rings (SSSR count). The van der Waals surface area contributed by atoms with Crippen molar-refractivity contribution in [3.05, 3.63) is 39.9 Å². The first kappa shape index (κ1) is 13.8. The van der Waals surface area contributed by atoms with Crippen molar-refractivity contribution < 1.29 is 18.1 Å². The van der Waals surface area contributed by atoms with Gasteiger partial charge in [0.2, 0.25) is 0 Å². The Balaban J connectivity index is 2.22. The van der Waals surface area contributed by atoms with Crippen molar-refractivity contribution in [1.82, 2.24) is 5.32 Å². The Kier molecular flexibility index (Phi) is 3.25. The zero-order chi connectivity index (χ0) is 14.3. The van der Waals surface area contributed by atoms with Crippen molar-refractivity contribution in [1.29, 1.82) is 0 Å².